The Hall–Kier alpha value is -1.79. The molecule has 0 amide bonds. The van der Waals surface area contributed by atoms with Crippen molar-refractivity contribution in [2.45, 2.75) is 32.0 Å². The Bertz CT molecular complexity index is 528. The normalized spacial score (nSPS) is 20.9. The van der Waals surface area contributed by atoms with Crippen molar-refractivity contribution in [3.05, 3.63) is 29.8 Å². The number of nitrogens with one attached hydrogen (secondary N) is 2. The molecule has 1 unspecified atom stereocenters. The van der Waals surface area contributed by atoms with E-state index in [1.807, 2.05) is 24.3 Å². The highest BCUT2D eigenvalue weighted by Crippen LogP contribution is 2.23. The van der Waals surface area contributed by atoms with Crippen LogP contribution in [0.4, 0.5) is 0 Å². The number of ether oxygens (including phenoxy) is 3. The molecule has 1 aliphatic rings. The van der Waals surface area contributed by atoms with Gasteiger partial charge in [0, 0.05) is 26.7 Å². The maximum atomic E-state index is 5.77. The van der Waals surface area contributed by atoms with Crippen molar-refractivity contribution >= 4 is 5.96 Å². The minimum Gasteiger partial charge on any atom is -0.497 e. The minimum absolute atomic E-state index is 0.0829. The molecule has 2 N–H and O–H groups in total. The van der Waals surface area contributed by atoms with E-state index in [1.165, 1.54) is 0 Å². The lowest BCUT2D eigenvalue weighted by Gasteiger charge is -2.24. The molecule has 1 aliphatic heterocycles. The zero-order chi connectivity index (χ0) is 17.3. The second-order valence-electron chi connectivity index (χ2n) is 6.16. The van der Waals surface area contributed by atoms with Gasteiger partial charge in [-0.1, -0.05) is 12.1 Å². The largest absolute Gasteiger partial charge is 0.497 e. The summed E-state index contributed by atoms with van der Waals surface area (Å²) in [6.45, 7) is 5.61. The first-order valence-corrected chi connectivity index (χ1v) is 8.44. The summed E-state index contributed by atoms with van der Waals surface area (Å²) in [6.07, 6.45) is 2.21. The van der Waals surface area contributed by atoms with Gasteiger partial charge in [-0.3, -0.25) is 4.99 Å². The summed E-state index contributed by atoms with van der Waals surface area (Å²) in [5, 5.41) is 6.57. The molecule has 0 saturated carbocycles. The van der Waals surface area contributed by atoms with Crippen molar-refractivity contribution in [1.82, 2.24) is 10.6 Å². The van der Waals surface area contributed by atoms with E-state index in [1.54, 1.807) is 14.2 Å². The molecule has 0 spiro atoms. The second kappa shape index (κ2) is 9.49. The number of hydrogen-bond donors (Lipinski definition) is 2. The first kappa shape index (κ1) is 18.5. The zero-order valence-electron chi connectivity index (χ0n) is 14.9. The molecule has 0 bridgehead atoms. The Morgan fingerprint density at radius 1 is 1.38 bits per heavy atom. The van der Waals surface area contributed by atoms with Crippen LogP contribution in [0.15, 0.2) is 29.3 Å². The van der Waals surface area contributed by atoms with Gasteiger partial charge in [0.1, 0.15) is 5.75 Å². The Kier molecular flexibility index (Phi) is 7.34. The molecule has 6 heteroatoms. The van der Waals surface area contributed by atoms with E-state index in [0.717, 1.165) is 43.3 Å². The van der Waals surface area contributed by atoms with Gasteiger partial charge < -0.3 is 24.8 Å². The third kappa shape index (κ3) is 6.02. The molecule has 6 nitrogen and oxygen atoms in total. The average molecular weight is 335 g/mol. The van der Waals surface area contributed by atoms with Crippen LogP contribution in [-0.2, 0) is 16.1 Å². The van der Waals surface area contributed by atoms with Crippen molar-refractivity contribution in [2.75, 3.05) is 40.5 Å². The van der Waals surface area contributed by atoms with Gasteiger partial charge >= 0.3 is 0 Å². The van der Waals surface area contributed by atoms with Gasteiger partial charge in [-0.15, -0.1) is 0 Å². The molecular formula is C18H29N3O3. The third-order valence-corrected chi connectivity index (χ3v) is 4.10. The molecule has 1 saturated heterocycles. The standard InChI is InChI=1S/C18H29N3O3/c1-18(8-5-10-24-18)14-21-17(19-2)20-9-11-23-13-15-6-4-7-16(12-15)22-3/h4,6-7,12H,5,8-11,13-14H2,1-3H3,(H2,19,20,21). The predicted molar refractivity (Wildman–Crippen MR) is 95.6 cm³/mol. The van der Waals surface area contributed by atoms with E-state index in [2.05, 4.69) is 22.5 Å². The van der Waals surface area contributed by atoms with Gasteiger partial charge in [-0.05, 0) is 37.5 Å². The first-order chi connectivity index (χ1) is 11.6. The molecule has 1 atom stereocenters. The summed E-state index contributed by atoms with van der Waals surface area (Å²) in [5.41, 5.74) is 1.02. The average Bonchev–Trinajstić information content (AvgIpc) is 3.04. The van der Waals surface area contributed by atoms with E-state index >= 15 is 0 Å². The Balaban J connectivity index is 1.61. The third-order valence-electron chi connectivity index (χ3n) is 4.10. The highest BCUT2D eigenvalue weighted by Gasteiger charge is 2.29. The van der Waals surface area contributed by atoms with Gasteiger partial charge in [-0.2, -0.15) is 0 Å². The lowest BCUT2D eigenvalue weighted by Crippen LogP contribution is -2.46. The van der Waals surface area contributed by atoms with Gasteiger partial charge in [0.25, 0.3) is 0 Å². The van der Waals surface area contributed by atoms with E-state index in [0.29, 0.717) is 19.8 Å². The first-order valence-electron chi connectivity index (χ1n) is 8.44. The molecule has 24 heavy (non-hydrogen) atoms. The van der Waals surface area contributed by atoms with Crippen molar-refractivity contribution in [3.8, 4) is 5.75 Å². The highest BCUT2D eigenvalue weighted by molar-refractivity contribution is 5.79. The molecule has 0 aromatic heterocycles. The fourth-order valence-corrected chi connectivity index (χ4v) is 2.66. The van der Waals surface area contributed by atoms with Crippen LogP contribution in [0.2, 0.25) is 0 Å². The molecule has 1 aromatic carbocycles. The van der Waals surface area contributed by atoms with E-state index in [9.17, 15) is 0 Å². The highest BCUT2D eigenvalue weighted by atomic mass is 16.5. The Morgan fingerprint density at radius 3 is 2.96 bits per heavy atom. The topological polar surface area (TPSA) is 64.1 Å². The van der Waals surface area contributed by atoms with Gasteiger partial charge in [0.15, 0.2) is 5.96 Å². The molecule has 1 fully saturated rings. The number of nitrogens with zero attached hydrogens (tertiary/aromatic N) is 1. The quantitative estimate of drug-likeness (QED) is 0.432. The SMILES string of the molecule is CN=C(NCCOCc1cccc(OC)c1)NCC1(C)CCCO1. The summed E-state index contributed by atoms with van der Waals surface area (Å²) in [5.74, 6) is 1.62. The monoisotopic (exact) mass is 335 g/mol. The van der Waals surface area contributed by atoms with Crippen LogP contribution in [0.3, 0.4) is 0 Å². The van der Waals surface area contributed by atoms with E-state index < -0.39 is 0 Å². The van der Waals surface area contributed by atoms with Crippen LogP contribution < -0.4 is 15.4 Å². The van der Waals surface area contributed by atoms with Crippen molar-refractivity contribution in [1.29, 1.82) is 0 Å². The Morgan fingerprint density at radius 2 is 2.25 bits per heavy atom. The fraction of sp³-hybridized carbons (Fsp3) is 0.611. The summed E-state index contributed by atoms with van der Waals surface area (Å²) >= 11 is 0. The van der Waals surface area contributed by atoms with Gasteiger partial charge in [0.05, 0.1) is 25.9 Å². The van der Waals surface area contributed by atoms with Crippen molar-refractivity contribution < 1.29 is 14.2 Å². The van der Waals surface area contributed by atoms with E-state index in [-0.39, 0.29) is 5.60 Å². The van der Waals surface area contributed by atoms with Crippen LogP contribution in [0.5, 0.6) is 5.75 Å². The molecule has 134 valence electrons. The van der Waals surface area contributed by atoms with Crippen molar-refractivity contribution in [2.24, 2.45) is 4.99 Å². The smallest absolute Gasteiger partial charge is 0.191 e. The maximum absolute atomic E-state index is 5.77. The molecule has 0 aliphatic carbocycles. The fourth-order valence-electron chi connectivity index (χ4n) is 2.66. The Labute approximate surface area is 144 Å². The molecule has 1 heterocycles. The minimum atomic E-state index is -0.0829. The van der Waals surface area contributed by atoms with Gasteiger partial charge in [0.2, 0.25) is 0 Å². The number of guanidine groups is 1. The summed E-state index contributed by atoms with van der Waals surface area (Å²) < 4.78 is 16.7. The van der Waals surface area contributed by atoms with Gasteiger partial charge in [-0.25, -0.2) is 0 Å². The number of aliphatic imine (C=N–C) groups is 1. The van der Waals surface area contributed by atoms with Crippen LogP contribution >= 0.6 is 0 Å². The number of methoxy groups -OCH3 is 1. The van der Waals surface area contributed by atoms with Crippen LogP contribution in [0.25, 0.3) is 0 Å². The number of benzene rings is 1. The van der Waals surface area contributed by atoms with E-state index in [4.69, 9.17) is 14.2 Å². The second-order valence-corrected chi connectivity index (χ2v) is 6.16. The lowest BCUT2D eigenvalue weighted by atomic mass is 10.0. The number of rotatable bonds is 8. The van der Waals surface area contributed by atoms with Crippen molar-refractivity contribution in [3.63, 3.8) is 0 Å². The maximum Gasteiger partial charge on any atom is 0.191 e. The molecular weight excluding hydrogens is 306 g/mol. The molecule has 2 rings (SSSR count). The summed E-state index contributed by atoms with van der Waals surface area (Å²) in [6, 6.07) is 7.90. The lowest BCUT2D eigenvalue weighted by molar-refractivity contribution is 0.0242. The summed E-state index contributed by atoms with van der Waals surface area (Å²) in [7, 11) is 3.43. The van der Waals surface area contributed by atoms with Crippen LogP contribution in [-0.4, -0.2) is 52.0 Å². The predicted octanol–water partition coefficient (Wildman–Crippen LogP) is 1.95. The zero-order valence-corrected chi connectivity index (χ0v) is 14.9. The van der Waals surface area contributed by atoms with Crippen LogP contribution in [0, 0.1) is 0 Å². The molecule has 1 aromatic rings. The number of hydrogen-bond acceptors (Lipinski definition) is 4. The van der Waals surface area contributed by atoms with Crippen LogP contribution in [0.1, 0.15) is 25.3 Å². The molecule has 0 radical (unpaired) electrons. The summed E-state index contributed by atoms with van der Waals surface area (Å²) in [4.78, 5) is 4.23.